The SMILES string of the molecule is CCCC(=O)NCc1ccc(C(=O)NCCC(=O)O)cc1. The molecule has 6 nitrogen and oxygen atoms in total. The zero-order valence-corrected chi connectivity index (χ0v) is 12.0. The quantitative estimate of drug-likeness (QED) is 0.673. The number of benzene rings is 1. The summed E-state index contributed by atoms with van der Waals surface area (Å²) in [6.45, 7) is 2.47. The average molecular weight is 292 g/mol. The molecule has 0 heterocycles. The maximum absolute atomic E-state index is 11.7. The molecule has 0 aromatic heterocycles. The molecular weight excluding hydrogens is 272 g/mol. The number of aliphatic carboxylic acids is 1. The molecule has 0 atom stereocenters. The van der Waals surface area contributed by atoms with Gasteiger partial charge in [0.05, 0.1) is 6.42 Å². The van der Waals surface area contributed by atoms with Gasteiger partial charge in [-0.2, -0.15) is 0 Å². The largest absolute Gasteiger partial charge is 0.481 e. The van der Waals surface area contributed by atoms with E-state index in [1.165, 1.54) is 0 Å². The number of nitrogens with one attached hydrogen (secondary N) is 2. The number of carbonyl (C=O) groups is 3. The molecule has 0 spiro atoms. The van der Waals surface area contributed by atoms with Crippen LogP contribution in [0, 0.1) is 0 Å². The van der Waals surface area contributed by atoms with Gasteiger partial charge in [-0.05, 0) is 24.1 Å². The number of carbonyl (C=O) groups excluding carboxylic acids is 2. The zero-order chi connectivity index (χ0) is 15.7. The van der Waals surface area contributed by atoms with Crippen molar-refractivity contribution in [2.24, 2.45) is 0 Å². The van der Waals surface area contributed by atoms with Gasteiger partial charge in [0.1, 0.15) is 0 Å². The van der Waals surface area contributed by atoms with Crippen molar-refractivity contribution < 1.29 is 19.5 Å². The van der Waals surface area contributed by atoms with Crippen molar-refractivity contribution in [3.63, 3.8) is 0 Å². The van der Waals surface area contributed by atoms with Crippen LogP contribution in [-0.2, 0) is 16.1 Å². The molecule has 0 saturated carbocycles. The third-order valence-corrected chi connectivity index (χ3v) is 2.81. The Morgan fingerprint density at radius 2 is 1.71 bits per heavy atom. The van der Waals surface area contributed by atoms with Crippen LogP contribution >= 0.6 is 0 Å². The second-order valence-corrected chi connectivity index (χ2v) is 4.62. The van der Waals surface area contributed by atoms with Crippen LogP contribution in [0.2, 0.25) is 0 Å². The minimum atomic E-state index is -0.950. The molecule has 0 unspecified atom stereocenters. The first-order chi connectivity index (χ1) is 10.0. The molecule has 6 heteroatoms. The van der Waals surface area contributed by atoms with Gasteiger partial charge in [0.15, 0.2) is 0 Å². The number of rotatable bonds is 8. The van der Waals surface area contributed by atoms with Crippen molar-refractivity contribution in [2.75, 3.05) is 6.54 Å². The lowest BCUT2D eigenvalue weighted by Crippen LogP contribution is -2.26. The maximum Gasteiger partial charge on any atom is 0.305 e. The van der Waals surface area contributed by atoms with Crippen LogP contribution in [0.25, 0.3) is 0 Å². The van der Waals surface area contributed by atoms with Crippen LogP contribution in [0.5, 0.6) is 0 Å². The molecule has 3 N–H and O–H groups in total. The predicted molar refractivity (Wildman–Crippen MR) is 77.8 cm³/mol. The van der Waals surface area contributed by atoms with E-state index >= 15 is 0 Å². The Labute approximate surface area is 123 Å². The molecule has 1 rings (SSSR count). The molecule has 114 valence electrons. The lowest BCUT2D eigenvalue weighted by atomic mass is 10.1. The van der Waals surface area contributed by atoms with Crippen molar-refractivity contribution in [1.82, 2.24) is 10.6 Å². The summed E-state index contributed by atoms with van der Waals surface area (Å²) < 4.78 is 0. The van der Waals surface area contributed by atoms with E-state index in [2.05, 4.69) is 10.6 Å². The summed E-state index contributed by atoms with van der Waals surface area (Å²) in [7, 11) is 0. The molecule has 0 saturated heterocycles. The van der Waals surface area contributed by atoms with Crippen molar-refractivity contribution >= 4 is 17.8 Å². The van der Waals surface area contributed by atoms with Crippen LogP contribution in [0.15, 0.2) is 24.3 Å². The highest BCUT2D eigenvalue weighted by molar-refractivity contribution is 5.94. The van der Waals surface area contributed by atoms with Gasteiger partial charge in [0.25, 0.3) is 5.91 Å². The Hall–Kier alpha value is -2.37. The van der Waals surface area contributed by atoms with Crippen molar-refractivity contribution in [3.8, 4) is 0 Å². The number of amides is 2. The summed E-state index contributed by atoms with van der Waals surface area (Å²) in [5.74, 6) is -1.25. The van der Waals surface area contributed by atoms with E-state index in [1.807, 2.05) is 6.92 Å². The third kappa shape index (κ3) is 6.56. The Kier molecular flexibility index (Phi) is 6.94. The van der Waals surface area contributed by atoms with Crippen LogP contribution in [0.4, 0.5) is 0 Å². The molecule has 0 aliphatic heterocycles. The number of carboxylic acid groups (broad SMARTS) is 1. The van der Waals surface area contributed by atoms with Gasteiger partial charge in [0.2, 0.25) is 5.91 Å². The first-order valence-corrected chi connectivity index (χ1v) is 6.88. The van der Waals surface area contributed by atoms with E-state index in [0.717, 1.165) is 12.0 Å². The Morgan fingerprint density at radius 3 is 2.29 bits per heavy atom. The Bertz CT molecular complexity index is 497. The fourth-order valence-corrected chi connectivity index (χ4v) is 1.68. The first-order valence-electron chi connectivity index (χ1n) is 6.88. The minimum absolute atomic E-state index is 0.00740. The smallest absolute Gasteiger partial charge is 0.305 e. The van der Waals surface area contributed by atoms with Crippen LogP contribution in [0.3, 0.4) is 0 Å². The fraction of sp³-hybridized carbons (Fsp3) is 0.400. The first kappa shape index (κ1) is 16.7. The van der Waals surface area contributed by atoms with E-state index in [4.69, 9.17) is 5.11 Å². The summed E-state index contributed by atoms with van der Waals surface area (Å²) in [5, 5.41) is 13.8. The highest BCUT2D eigenvalue weighted by atomic mass is 16.4. The second kappa shape index (κ2) is 8.73. The topological polar surface area (TPSA) is 95.5 Å². The Balaban J connectivity index is 2.44. The predicted octanol–water partition coefficient (Wildman–Crippen LogP) is 1.31. The highest BCUT2D eigenvalue weighted by Gasteiger charge is 2.06. The van der Waals surface area contributed by atoms with Crippen LogP contribution in [0.1, 0.15) is 42.1 Å². The fourth-order valence-electron chi connectivity index (χ4n) is 1.68. The normalized spacial score (nSPS) is 9.95. The molecule has 0 bridgehead atoms. The van der Waals surface area contributed by atoms with Crippen molar-refractivity contribution in [3.05, 3.63) is 35.4 Å². The number of hydrogen-bond donors (Lipinski definition) is 3. The molecule has 1 aromatic carbocycles. The molecule has 2 amide bonds. The molecule has 0 aliphatic carbocycles. The van der Waals surface area contributed by atoms with E-state index in [0.29, 0.717) is 18.5 Å². The highest BCUT2D eigenvalue weighted by Crippen LogP contribution is 2.04. The van der Waals surface area contributed by atoms with Gasteiger partial charge in [-0.3, -0.25) is 14.4 Å². The second-order valence-electron chi connectivity index (χ2n) is 4.62. The van der Waals surface area contributed by atoms with E-state index in [9.17, 15) is 14.4 Å². The van der Waals surface area contributed by atoms with Gasteiger partial charge in [-0.1, -0.05) is 19.1 Å². The molecule has 0 aliphatic rings. The summed E-state index contributed by atoms with van der Waals surface area (Å²) in [4.78, 5) is 33.4. The molecular formula is C15H20N2O4. The van der Waals surface area contributed by atoms with Crippen LogP contribution in [-0.4, -0.2) is 29.4 Å². The number of hydrogen-bond acceptors (Lipinski definition) is 3. The van der Waals surface area contributed by atoms with Crippen LogP contribution < -0.4 is 10.6 Å². The lowest BCUT2D eigenvalue weighted by molar-refractivity contribution is -0.136. The molecule has 0 fully saturated rings. The van der Waals surface area contributed by atoms with E-state index in [1.54, 1.807) is 24.3 Å². The van der Waals surface area contributed by atoms with Gasteiger partial charge < -0.3 is 15.7 Å². The average Bonchev–Trinajstić information content (AvgIpc) is 2.45. The summed E-state index contributed by atoms with van der Waals surface area (Å²) in [6.07, 6.45) is 1.21. The van der Waals surface area contributed by atoms with Gasteiger partial charge >= 0.3 is 5.97 Å². The molecule has 21 heavy (non-hydrogen) atoms. The van der Waals surface area contributed by atoms with Gasteiger partial charge in [-0.25, -0.2) is 0 Å². The van der Waals surface area contributed by atoms with Crippen molar-refractivity contribution in [1.29, 1.82) is 0 Å². The lowest BCUT2D eigenvalue weighted by Gasteiger charge is -2.06. The summed E-state index contributed by atoms with van der Waals surface area (Å²) in [6, 6.07) is 6.82. The molecule has 0 radical (unpaired) electrons. The maximum atomic E-state index is 11.7. The zero-order valence-electron chi connectivity index (χ0n) is 12.0. The Morgan fingerprint density at radius 1 is 1.05 bits per heavy atom. The summed E-state index contributed by atoms with van der Waals surface area (Å²) >= 11 is 0. The van der Waals surface area contributed by atoms with E-state index < -0.39 is 5.97 Å². The monoisotopic (exact) mass is 292 g/mol. The molecule has 1 aromatic rings. The van der Waals surface area contributed by atoms with E-state index in [-0.39, 0.29) is 24.8 Å². The summed E-state index contributed by atoms with van der Waals surface area (Å²) in [5.41, 5.74) is 1.37. The van der Waals surface area contributed by atoms with Gasteiger partial charge in [-0.15, -0.1) is 0 Å². The van der Waals surface area contributed by atoms with Gasteiger partial charge in [0, 0.05) is 25.1 Å². The third-order valence-electron chi connectivity index (χ3n) is 2.81. The van der Waals surface area contributed by atoms with Crippen molar-refractivity contribution in [2.45, 2.75) is 32.7 Å². The minimum Gasteiger partial charge on any atom is -0.481 e. The number of carboxylic acids is 1. The standard InChI is InChI=1S/C15H20N2O4/c1-2-3-13(18)17-10-11-4-6-12(7-5-11)15(21)16-9-8-14(19)20/h4-7H,2-3,8-10H2,1H3,(H,16,21)(H,17,18)(H,19,20).